The quantitative estimate of drug-likeness (QED) is 0.249. The number of methoxy groups -OCH3 is 1. The van der Waals surface area contributed by atoms with Gasteiger partial charge in [-0.25, -0.2) is 0 Å². The second-order valence-electron chi connectivity index (χ2n) is 18.7. The van der Waals surface area contributed by atoms with Crippen molar-refractivity contribution in [3.05, 3.63) is 0 Å². The number of esters is 1. The molecule has 4 aliphatic heterocycles. The minimum Gasteiger partial charge on any atom is -0.459 e. The highest BCUT2D eigenvalue weighted by Gasteiger charge is 2.56. The molecule has 0 radical (unpaired) electrons. The van der Waals surface area contributed by atoms with E-state index >= 15 is 0 Å². The summed E-state index contributed by atoms with van der Waals surface area (Å²) in [6.45, 7) is 23.4. The lowest BCUT2D eigenvalue weighted by atomic mass is 9.71. The molecule has 0 spiro atoms. The van der Waals surface area contributed by atoms with E-state index in [1.165, 1.54) is 7.11 Å². The third kappa shape index (κ3) is 9.78. The number of aliphatic hydroxyl groups excluding tert-OH is 2. The van der Waals surface area contributed by atoms with Gasteiger partial charge in [0.1, 0.15) is 30.1 Å². The van der Waals surface area contributed by atoms with E-state index < -0.39 is 89.9 Å². The zero-order valence-electron chi connectivity index (χ0n) is 37.0. The number of ether oxygens (including phenoxy) is 7. The van der Waals surface area contributed by atoms with Gasteiger partial charge in [0, 0.05) is 44.0 Å². The summed E-state index contributed by atoms with van der Waals surface area (Å²) in [6.07, 6.45) is -6.63. The van der Waals surface area contributed by atoms with Crippen molar-refractivity contribution in [3.8, 4) is 0 Å². The highest BCUT2D eigenvalue weighted by atomic mass is 16.7. The summed E-state index contributed by atoms with van der Waals surface area (Å²) >= 11 is 0. The molecule has 20 atom stereocenters. The summed E-state index contributed by atoms with van der Waals surface area (Å²) in [4.78, 5) is 18.7. The largest absolute Gasteiger partial charge is 0.459 e. The van der Waals surface area contributed by atoms with Gasteiger partial charge in [0.05, 0.1) is 47.6 Å². The SMILES string of the molecule is CCCN1C(C)O[C@@H]2[C@@H](C)[C@@H]1[C@H](C)C[C@@](C)(O)[C@H](OC1OC(C)CC(N(C)C)C1O)[C@@H](C)[C@H](OC1CC(C)(OC)C(O)C(C)O1)[C@@H](C)C(=O)O[C@H](CC)[C@@]2(C)O. The lowest BCUT2D eigenvalue weighted by Gasteiger charge is -2.55. The highest BCUT2D eigenvalue weighted by Crippen LogP contribution is 2.44. The van der Waals surface area contributed by atoms with Crippen LogP contribution < -0.4 is 0 Å². The maximum Gasteiger partial charge on any atom is 0.311 e. The van der Waals surface area contributed by atoms with Crippen LogP contribution in [0, 0.1) is 23.7 Å². The summed E-state index contributed by atoms with van der Waals surface area (Å²) in [5.74, 6) is -2.65. The van der Waals surface area contributed by atoms with Crippen molar-refractivity contribution >= 4 is 5.97 Å². The van der Waals surface area contributed by atoms with Gasteiger partial charge >= 0.3 is 5.97 Å². The Balaban J connectivity index is 1.88. The molecule has 0 aromatic heterocycles. The van der Waals surface area contributed by atoms with E-state index in [1.54, 1.807) is 34.6 Å². The van der Waals surface area contributed by atoms with Crippen LogP contribution in [0.5, 0.6) is 0 Å². The van der Waals surface area contributed by atoms with Crippen molar-refractivity contribution in [1.82, 2.24) is 9.80 Å². The van der Waals surface area contributed by atoms with E-state index in [-0.39, 0.29) is 49.1 Å². The molecule has 14 heteroatoms. The Morgan fingerprint density at radius 1 is 0.911 bits per heavy atom. The first-order valence-corrected chi connectivity index (χ1v) is 21.2. The van der Waals surface area contributed by atoms with Crippen LogP contribution in [0.25, 0.3) is 0 Å². The van der Waals surface area contributed by atoms with Crippen molar-refractivity contribution < 1.29 is 58.4 Å². The molecule has 4 saturated heterocycles. The maximum atomic E-state index is 14.5. The van der Waals surface area contributed by atoms with Gasteiger partial charge in [-0.2, -0.15) is 0 Å². The third-order valence-electron chi connectivity index (χ3n) is 13.7. The van der Waals surface area contributed by atoms with Crippen LogP contribution >= 0.6 is 0 Å². The van der Waals surface area contributed by atoms with Gasteiger partial charge in [0.25, 0.3) is 0 Å². The number of nitrogens with zero attached hydrogens (tertiary/aromatic N) is 2. The van der Waals surface area contributed by atoms with E-state index in [4.69, 9.17) is 33.2 Å². The minimum atomic E-state index is -1.56. The molecule has 328 valence electrons. The van der Waals surface area contributed by atoms with Crippen molar-refractivity contribution in [3.63, 3.8) is 0 Å². The predicted octanol–water partition coefficient (Wildman–Crippen LogP) is 3.68. The van der Waals surface area contributed by atoms with Crippen LogP contribution in [0.1, 0.15) is 115 Å². The van der Waals surface area contributed by atoms with Gasteiger partial charge in [-0.1, -0.05) is 34.6 Å². The normalized spacial score (nSPS) is 50.4. The lowest BCUT2D eigenvalue weighted by molar-refractivity contribution is -0.319. The summed E-state index contributed by atoms with van der Waals surface area (Å²) < 4.78 is 44.9. The molecule has 4 N–H and O–H groups in total. The number of hydrogen-bond donors (Lipinski definition) is 4. The molecule has 0 amide bonds. The number of aliphatic hydroxyl groups is 4. The Labute approximate surface area is 336 Å². The van der Waals surface area contributed by atoms with Crippen LogP contribution in [0.15, 0.2) is 0 Å². The fourth-order valence-corrected chi connectivity index (χ4v) is 10.6. The lowest BCUT2D eigenvalue weighted by Crippen LogP contribution is -2.67. The molecule has 4 fully saturated rings. The van der Waals surface area contributed by atoms with Gasteiger partial charge in [-0.05, 0) is 94.2 Å². The second-order valence-corrected chi connectivity index (χ2v) is 18.7. The molecule has 2 bridgehead atoms. The first-order valence-electron chi connectivity index (χ1n) is 21.2. The number of likely N-dealkylation sites (N-methyl/N-ethyl adjacent to an activating group) is 1. The first kappa shape index (κ1) is 47.7. The molecule has 4 rings (SSSR count). The van der Waals surface area contributed by atoms with E-state index in [2.05, 4.69) is 25.7 Å². The molecule has 14 nitrogen and oxygen atoms in total. The van der Waals surface area contributed by atoms with E-state index in [0.29, 0.717) is 12.8 Å². The predicted molar refractivity (Wildman–Crippen MR) is 210 cm³/mol. The zero-order chi connectivity index (χ0) is 42.2. The average molecular weight is 803 g/mol. The Kier molecular flexibility index (Phi) is 15.9. The van der Waals surface area contributed by atoms with E-state index in [1.807, 2.05) is 46.7 Å². The van der Waals surface area contributed by atoms with Crippen LogP contribution in [-0.4, -0.2) is 160 Å². The zero-order valence-corrected chi connectivity index (χ0v) is 37.0. The maximum absolute atomic E-state index is 14.5. The molecule has 0 aromatic rings. The Morgan fingerprint density at radius 3 is 2.12 bits per heavy atom. The molecule has 4 aliphatic rings. The Morgan fingerprint density at radius 2 is 1.55 bits per heavy atom. The fraction of sp³-hybridized carbons (Fsp3) is 0.976. The summed E-state index contributed by atoms with van der Waals surface area (Å²) in [5, 5.41) is 48.0. The molecule has 4 heterocycles. The fourth-order valence-electron chi connectivity index (χ4n) is 10.6. The van der Waals surface area contributed by atoms with Crippen LogP contribution in [0.2, 0.25) is 0 Å². The topological polar surface area (TPSA) is 169 Å². The van der Waals surface area contributed by atoms with Gasteiger partial charge in [-0.3, -0.25) is 9.69 Å². The molecular formula is C42H78N2O12. The number of rotatable bonds is 9. The third-order valence-corrected chi connectivity index (χ3v) is 13.7. The number of hydrogen-bond acceptors (Lipinski definition) is 14. The average Bonchev–Trinajstić information content (AvgIpc) is 3.11. The van der Waals surface area contributed by atoms with Gasteiger partial charge in [-0.15, -0.1) is 0 Å². The summed E-state index contributed by atoms with van der Waals surface area (Å²) in [6, 6.07) is -0.398. The van der Waals surface area contributed by atoms with Crippen LogP contribution in [0.3, 0.4) is 0 Å². The van der Waals surface area contributed by atoms with Crippen LogP contribution in [-0.2, 0) is 38.0 Å². The van der Waals surface area contributed by atoms with Crippen molar-refractivity contribution in [1.29, 1.82) is 0 Å². The highest BCUT2D eigenvalue weighted by molar-refractivity contribution is 5.73. The number of carbonyl (C=O) groups is 1. The van der Waals surface area contributed by atoms with Crippen molar-refractivity contribution in [2.24, 2.45) is 23.7 Å². The molecule has 56 heavy (non-hydrogen) atoms. The molecule has 0 saturated carbocycles. The monoisotopic (exact) mass is 803 g/mol. The summed E-state index contributed by atoms with van der Waals surface area (Å²) in [7, 11) is 5.34. The van der Waals surface area contributed by atoms with Gasteiger partial charge < -0.3 is 58.5 Å². The standard InChI is InChI=1S/C42H78N2O12/c1-16-18-44-28(9)53-37-24(5)32(44)22(3)20-40(10,48)36(56-39-33(45)29(43(13)14)19-23(4)51-39)25(6)34(26(7)38(47)54-30(17-2)42(37,12)49)55-31-21-41(11,50-15)35(46)27(8)52-31/h22-37,39,45-46,48-49H,16-21H2,1-15H3/t22-,23?,24+,25+,26-,27?,28?,29?,30-,31?,32+,33?,34+,35?,36-,37-,39?,40-,41?,42-/m1/s1. The van der Waals surface area contributed by atoms with Gasteiger partial charge in [0.15, 0.2) is 12.6 Å². The number of cyclic esters (lactones) is 1. The van der Waals surface area contributed by atoms with E-state index in [9.17, 15) is 25.2 Å². The molecule has 0 aromatic carbocycles. The number of carbonyl (C=O) groups excluding carboxylic acids is 1. The number of fused-ring (bicyclic) bond motifs is 2. The second kappa shape index (κ2) is 18.7. The minimum absolute atomic E-state index is 0.135. The molecular weight excluding hydrogens is 724 g/mol. The first-order chi connectivity index (χ1) is 25.9. The van der Waals surface area contributed by atoms with Crippen LogP contribution in [0.4, 0.5) is 0 Å². The molecule has 0 aliphatic carbocycles. The molecule has 9 unspecified atom stereocenters. The van der Waals surface area contributed by atoms with Crippen molar-refractivity contribution in [2.75, 3.05) is 27.7 Å². The summed E-state index contributed by atoms with van der Waals surface area (Å²) in [5.41, 5.74) is -4.12. The van der Waals surface area contributed by atoms with Crippen molar-refractivity contribution in [2.45, 2.75) is 212 Å². The smallest absolute Gasteiger partial charge is 0.311 e. The van der Waals surface area contributed by atoms with E-state index in [0.717, 1.165) is 13.0 Å². The van der Waals surface area contributed by atoms with Gasteiger partial charge in [0.2, 0.25) is 0 Å². The Hall–Kier alpha value is -1.01. The Bertz CT molecular complexity index is 1270.